The Morgan fingerprint density at radius 1 is 1.65 bits per heavy atom. The molecule has 1 unspecified atom stereocenters. The van der Waals surface area contributed by atoms with Crippen LogP contribution in [0.2, 0.25) is 0 Å². The van der Waals surface area contributed by atoms with Crippen LogP contribution in [-0.2, 0) is 16.1 Å². The highest BCUT2D eigenvalue weighted by Crippen LogP contribution is 2.51. The number of esters is 1. The van der Waals surface area contributed by atoms with Crippen LogP contribution in [0, 0.1) is 11.3 Å². The van der Waals surface area contributed by atoms with Gasteiger partial charge in [-0.05, 0) is 33.7 Å². The summed E-state index contributed by atoms with van der Waals surface area (Å²) < 4.78 is 5.98. The third kappa shape index (κ3) is 3.20. The third-order valence-electron chi connectivity index (χ3n) is 3.75. The van der Waals surface area contributed by atoms with E-state index in [1.165, 1.54) is 13.5 Å². The van der Waals surface area contributed by atoms with E-state index in [2.05, 4.69) is 44.9 Å². The van der Waals surface area contributed by atoms with Crippen LogP contribution in [0.15, 0.2) is 15.5 Å². The number of carbonyl (C=O) groups is 1. The number of rotatable bonds is 5. The van der Waals surface area contributed by atoms with Crippen molar-refractivity contribution in [3.05, 3.63) is 21.0 Å². The molecular weight excluding hydrogens is 326 g/mol. The van der Waals surface area contributed by atoms with Crippen LogP contribution >= 0.6 is 15.9 Å². The van der Waals surface area contributed by atoms with E-state index in [1.807, 2.05) is 0 Å². The third-order valence-corrected chi connectivity index (χ3v) is 4.51. The second-order valence-electron chi connectivity index (χ2n) is 5.68. The summed E-state index contributed by atoms with van der Waals surface area (Å²) in [5.74, 6) is 0.110. The molecule has 1 N–H and O–H groups in total. The lowest BCUT2D eigenvalue weighted by atomic mass is 10.1. The topological polar surface area (TPSA) is 73.2 Å². The van der Waals surface area contributed by atoms with Crippen molar-refractivity contribution in [2.75, 3.05) is 19.0 Å². The number of hydrogen-bond donors (Lipinski definition) is 1. The van der Waals surface area contributed by atoms with E-state index in [0.29, 0.717) is 21.5 Å². The summed E-state index contributed by atoms with van der Waals surface area (Å²) in [6, 6.07) is 0. The zero-order chi connectivity index (χ0) is 14.9. The summed E-state index contributed by atoms with van der Waals surface area (Å²) in [6.07, 6.45) is 2.73. The maximum absolute atomic E-state index is 12.0. The van der Waals surface area contributed by atoms with E-state index in [0.717, 1.165) is 11.2 Å². The van der Waals surface area contributed by atoms with Crippen molar-refractivity contribution in [1.82, 2.24) is 9.78 Å². The maximum Gasteiger partial charge on any atom is 0.327 e. The zero-order valence-electron chi connectivity index (χ0n) is 11.8. The van der Waals surface area contributed by atoms with Gasteiger partial charge in [0.05, 0.1) is 19.0 Å². The van der Waals surface area contributed by atoms with Crippen molar-refractivity contribution in [3.63, 3.8) is 0 Å². The van der Waals surface area contributed by atoms with Gasteiger partial charge in [0, 0.05) is 6.54 Å². The molecular formula is C13H18BrN3O3. The molecule has 20 heavy (non-hydrogen) atoms. The van der Waals surface area contributed by atoms with E-state index < -0.39 is 5.97 Å². The van der Waals surface area contributed by atoms with E-state index >= 15 is 0 Å². The SMILES string of the molecule is COC(=O)Cn1ncc(NCC2CC2(C)C)c(Br)c1=O. The second kappa shape index (κ2) is 5.55. The van der Waals surface area contributed by atoms with Crippen LogP contribution in [0.25, 0.3) is 0 Å². The predicted octanol–water partition coefficient (Wildman–Crippen LogP) is 1.64. The van der Waals surface area contributed by atoms with Gasteiger partial charge in [0.25, 0.3) is 5.56 Å². The molecule has 6 nitrogen and oxygen atoms in total. The smallest absolute Gasteiger partial charge is 0.327 e. The van der Waals surface area contributed by atoms with Gasteiger partial charge in [-0.15, -0.1) is 0 Å². The van der Waals surface area contributed by atoms with E-state index in [9.17, 15) is 9.59 Å². The Bertz CT molecular complexity index is 583. The molecule has 1 heterocycles. The van der Waals surface area contributed by atoms with Gasteiger partial charge in [0.2, 0.25) is 0 Å². The maximum atomic E-state index is 12.0. The normalized spacial score (nSPS) is 19.5. The average Bonchev–Trinajstić information content (AvgIpc) is 3.01. The van der Waals surface area contributed by atoms with Gasteiger partial charge in [-0.25, -0.2) is 4.68 Å². The highest BCUT2D eigenvalue weighted by Gasteiger charge is 2.45. The fourth-order valence-electron chi connectivity index (χ4n) is 2.05. The molecule has 0 spiro atoms. The number of carbonyl (C=O) groups excluding carboxylic acids is 1. The fraction of sp³-hybridized carbons (Fsp3) is 0.615. The molecule has 1 atom stereocenters. The van der Waals surface area contributed by atoms with Crippen molar-refractivity contribution in [2.24, 2.45) is 11.3 Å². The molecule has 0 saturated heterocycles. The Morgan fingerprint density at radius 2 is 2.30 bits per heavy atom. The first kappa shape index (κ1) is 15.0. The highest BCUT2D eigenvalue weighted by atomic mass is 79.9. The number of nitrogens with one attached hydrogen (secondary N) is 1. The quantitative estimate of drug-likeness (QED) is 0.822. The first-order valence-electron chi connectivity index (χ1n) is 6.41. The molecule has 0 aromatic carbocycles. The summed E-state index contributed by atoms with van der Waals surface area (Å²) in [6.45, 7) is 5.07. The molecule has 2 rings (SSSR count). The Hall–Kier alpha value is -1.37. The minimum Gasteiger partial charge on any atom is -0.468 e. The monoisotopic (exact) mass is 343 g/mol. The van der Waals surface area contributed by atoms with Gasteiger partial charge in [-0.1, -0.05) is 13.8 Å². The van der Waals surface area contributed by atoms with Crippen molar-refractivity contribution < 1.29 is 9.53 Å². The Kier molecular flexibility index (Phi) is 4.17. The lowest BCUT2D eigenvalue weighted by molar-refractivity contribution is -0.141. The molecule has 7 heteroatoms. The first-order valence-corrected chi connectivity index (χ1v) is 7.21. The Morgan fingerprint density at radius 3 is 2.85 bits per heavy atom. The van der Waals surface area contributed by atoms with E-state index in [-0.39, 0.29) is 12.1 Å². The van der Waals surface area contributed by atoms with E-state index in [4.69, 9.17) is 0 Å². The molecule has 1 aromatic rings. The summed E-state index contributed by atoms with van der Waals surface area (Å²) >= 11 is 3.25. The van der Waals surface area contributed by atoms with Crippen LogP contribution in [0.1, 0.15) is 20.3 Å². The largest absolute Gasteiger partial charge is 0.468 e. The molecule has 1 aliphatic carbocycles. The number of halogens is 1. The molecule has 1 aliphatic rings. The van der Waals surface area contributed by atoms with Gasteiger partial charge < -0.3 is 10.1 Å². The Balaban J connectivity index is 2.06. The molecule has 0 aliphatic heterocycles. The second-order valence-corrected chi connectivity index (χ2v) is 6.47. The van der Waals surface area contributed by atoms with Gasteiger partial charge >= 0.3 is 5.97 Å². The van der Waals surface area contributed by atoms with Crippen LogP contribution in [0.3, 0.4) is 0 Å². The number of hydrogen-bond acceptors (Lipinski definition) is 5. The molecule has 0 bridgehead atoms. The number of anilines is 1. The summed E-state index contributed by atoms with van der Waals surface area (Å²) in [7, 11) is 1.27. The molecule has 0 radical (unpaired) electrons. The number of methoxy groups -OCH3 is 1. The minimum absolute atomic E-state index is 0.191. The molecule has 110 valence electrons. The molecule has 1 aromatic heterocycles. The van der Waals surface area contributed by atoms with Crippen molar-refractivity contribution in [3.8, 4) is 0 Å². The molecule has 1 fully saturated rings. The van der Waals surface area contributed by atoms with Gasteiger partial charge in [0.15, 0.2) is 0 Å². The lowest BCUT2D eigenvalue weighted by Crippen LogP contribution is -2.28. The minimum atomic E-state index is -0.507. The standard InChI is InChI=1S/C13H18BrN3O3/c1-13(2)4-8(13)5-15-9-6-16-17(7-10(18)20-3)12(19)11(9)14/h6,8,15H,4-5,7H2,1-3H3. The highest BCUT2D eigenvalue weighted by molar-refractivity contribution is 9.10. The van der Waals surface area contributed by atoms with Gasteiger partial charge in [-0.3, -0.25) is 9.59 Å². The number of nitrogens with zero attached hydrogens (tertiary/aromatic N) is 2. The molecule has 1 saturated carbocycles. The number of ether oxygens (including phenoxy) is 1. The van der Waals surface area contributed by atoms with Gasteiger partial charge in [-0.2, -0.15) is 5.10 Å². The lowest BCUT2D eigenvalue weighted by Gasteiger charge is -2.10. The molecule has 0 amide bonds. The first-order chi connectivity index (χ1) is 9.35. The van der Waals surface area contributed by atoms with Crippen LogP contribution in [-0.4, -0.2) is 29.4 Å². The summed E-state index contributed by atoms with van der Waals surface area (Å²) in [5, 5.41) is 7.20. The van der Waals surface area contributed by atoms with Crippen LogP contribution in [0.5, 0.6) is 0 Å². The van der Waals surface area contributed by atoms with Gasteiger partial charge in [0.1, 0.15) is 11.0 Å². The van der Waals surface area contributed by atoms with Crippen molar-refractivity contribution in [2.45, 2.75) is 26.8 Å². The van der Waals surface area contributed by atoms with E-state index in [1.54, 1.807) is 6.20 Å². The van der Waals surface area contributed by atoms with Crippen molar-refractivity contribution >= 4 is 27.6 Å². The summed E-state index contributed by atoms with van der Waals surface area (Å²) in [4.78, 5) is 23.2. The van der Waals surface area contributed by atoms with Crippen LogP contribution in [0.4, 0.5) is 5.69 Å². The average molecular weight is 344 g/mol. The van der Waals surface area contributed by atoms with Crippen LogP contribution < -0.4 is 10.9 Å². The predicted molar refractivity (Wildman–Crippen MR) is 78.6 cm³/mol. The number of aromatic nitrogens is 2. The fourth-order valence-corrected chi connectivity index (χ4v) is 2.49. The zero-order valence-corrected chi connectivity index (χ0v) is 13.4. The van der Waals surface area contributed by atoms with Crippen molar-refractivity contribution in [1.29, 1.82) is 0 Å². The summed E-state index contributed by atoms with van der Waals surface area (Å²) in [5.41, 5.74) is 0.682. The Labute approximate surface area is 125 Å².